The Labute approximate surface area is 69.8 Å². The van der Waals surface area contributed by atoms with E-state index in [1.54, 1.807) is 10.9 Å². The number of aryl methyl sites for hydroxylation is 1. The van der Waals surface area contributed by atoms with E-state index in [2.05, 4.69) is 5.10 Å². The molecule has 0 saturated heterocycles. The van der Waals surface area contributed by atoms with Crippen LogP contribution in [0.3, 0.4) is 0 Å². The molecule has 4 heteroatoms. The molecule has 2 rings (SSSR count). The molecule has 1 heterocycles. The van der Waals surface area contributed by atoms with Crippen molar-refractivity contribution in [3.05, 3.63) is 17.5 Å². The SMILES string of the molecule is Cn1ncc2c1CC(C(=O)O)C2. The van der Waals surface area contributed by atoms with Gasteiger partial charge in [0.25, 0.3) is 0 Å². The highest BCUT2D eigenvalue weighted by Gasteiger charge is 2.29. The minimum absolute atomic E-state index is 0.232. The van der Waals surface area contributed by atoms with Crippen molar-refractivity contribution in [1.82, 2.24) is 9.78 Å². The number of rotatable bonds is 1. The molecule has 0 radical (unpaired) electrons. The van der Waals surface area contributed by atoms with Crippen LogP contribution in [0.5, 0.6) is 0 Å². The fourth-order valence-electron chi connectivity index (χ4n) is 1.69. The summed E-state index contributed by atoms with van der Waals surface area (Å²) in [6, 6.07) is 0. The maximum Gasteiger partial charge on any atom is 0.307 e. The van der Waals surface area contributed by atoms with Crippen LogP contribution in [0.1, 0.15) is 11.3 Å². The molecule has 1 aliphatic carbocycles. The molecule has 0 saturated carbocycles. The molecule has 1 aliphatic rings. The Morgan fingerprint density at radius 3 is 3.08 bits per heavy atom. The Morgan fingerprint density at radius 1 is 1.75 bits per heavy atom. The third-order valence-electron chi connectivity index (χ3n) is 2.40. The molecule has 1 aromatic rings. The molecule has 0 bridgehead atoms. The van der Waals surface area contributed by atoms with Gasteiger partial charge in [-0.1, -0.05) is 0 Å². The van der Waals surface area contributed by atoms with Crippen LogP contribution in [0.2, 0.25) is 0 Å². The predicted molar refractivity (Wildman–Crippen MR) is 41.7 cm³/mol. The van der Waals surface area contributed by atoms with Crippen molar-refractivity contribution in [2.75, 3.05) is 0 Å². The molecule has 1 N–H and O–H groups in total. The summed E-state index contributed by atoms with van der Waals surface area (Å²) in [5.41, 5.74) is 2.16. The lowest BCUT2D eigenvalue weighted by atomic mass is 10.1. The van der Waals surface area contributed by atoms with E-state index < -0.39 is 5.97 Å². The second-order valence-corrected chi connectivity index (χ2v) is 3.18. The highest BCUT2D eigenvalue weighted by molar-refractivity contribution is 5.72. The largest absolute Gasteiger partial charge is 0.481 e. The molecule has 1 unspecified atom stereocenters. The van der Waals surface area contributed by atoms with E-state index in [9.17, 15) is 4.79 Å². The lowest BCUT2D eigenvalue weighted by Crippen LogP contribution is -2.14. The maximum atomic E-state index is 10.6. The van der Waals surface area contributed by atoms with Gasteiger partial charge in [-0.25, -0.2) is 0 Å². The van der Waals surface area contributed by atoms with Gasteiger partial charge in [0, 0.05) is 19.2 Å². The maximum absolute atomic E-state index is 10.6. The van der Waals surface area contributed by atoms with Gasteiger partial charge in [-0.15, -0.1) is 0 Å². The molecule has 0 fully saturated rings. The van der Waals surface area contributed by atoms with Crippen molar-refractivity contribution >= 4 is 5.97 Å². The number of nitrogens with zero attached hydrogens (tertiary/aromatic N) is 2. The first-order valence-electron chi connectivity index (χ1n) is 3.91. The van der Waals surface area contributed by atoms with Crippen LogP contribution in [0.25, 0.3) is 0 Å². The van der Waals surface area contributed by atoms with E-state index in [0.29, 0.717) is 12.8 Å². The summed E-state index contributed by atoms with van der Waals surface area (Å²) in [7, 11) is 1.85. The predicted octanol–water partition coefficient (Wildman–Crippen LogP) is 0.219. The van der Waals surface area contributed by atoms with E-state index in [1.165, 1.54) is 0 Å². The Bertz CT molecular complexity index is 330. The fourth-order valence-corrected chi connectivity index (χ4v) is 1.69. The lowest BCUT2D eigenvalue weighted by Gasteiger charge is -2.01. The van der Waals surface area contributed by atoms with Crippen LogP contribution in [0.15, 0.2) is 6.20 Å². The number of carbonyl (C=O) groups is 1. The zero-order valence-electron chi connectivity index (χ0n) is 6.82. The highest BCUT2D eigenvalue weighted by Crippen LogP contribution is 2.25. The topological polar surface area (TPSA) is 55.1 Å². The van der Waals surface area contributed by atoms with Crippen molar-refractivity contribution in [2.45, 2.75) is 12.8 Å². The highest BCUT2D eigenvalue weighted by atomic mass is 16.4. The third kappa shape index (κ3) is 0.913. The number of aromatic nitrogens is 2. The third-order valence-corrected chi connectivity index (χ3v) is 2.40. The van der Waals surface area contributed by atoms with Crippen molar-refractivity contribution < 1.29 is 9.90 Å². The molecule has 64 valence electrons. The van der Waals surface area contributed by atoms with Gasteiger partial charge in [0.05, 0.1) is 12.1 Å². The van der Waals surface area contributed by atoms with Gasteiger partial charge in [-0.3, -0.25) is 9.48 Å². The number of carboxylic acids is 1. The molecule has 0 aromatic carbocycles. The van der Waals surface area contributed by atoms with Gasteiger partial charge >= 0.3 is 5.97 Å². The van der Waals surface area contributed by atoms with Gasteiger partial charge in [-0.2, -0.15) is 5.10 Å². The zero-order valence-corrected chi connectivity index (χ0v) is 6.82. The van der Waals surface area contributed by atoms with Gasteiger partial charge in [0.2, 0.25) is 0 Å². The molecule has 0 aliphatic heterocycles. The quantitative estimate of drug-likeness (QED) is 0.649. The first kappa shape index (κ1) is 7.34. The summed E-state index contributed by atoms with van der Waals surface area (Å²) in [6.45, 7) is 0. The molecule has 1 aromatic heterocycles. The molecule has 4 nitrogen and oxygen atoms in total. The van der Waals surface area contributed by atoms with Crippen LogP contribution in [-0.4, -0.2) is 20.9 Å². The van der Waals surface area contributed by atoms with Gasteiger partial charge < -0.3 is 5.11 Å². The van der Waals surface area contributed by atoms with E-state index in [0.717, 1.165) is 11.3 Å². The van der Waals surface area contributed by atoms with Crippen molar-refractivity contribution in [3.8, 4) is 0 Å². The number of aliphatic carboxylic acids is 1. The fraction of sp³-hybridized carbons (Fsp3) is 0.500. The summed E-state index contributed by atoms with van der Waals surface area (Å²) in [5.74, 6) is -0.935. The molecular weight excluding hydrogens is 156 g/mol. The van der Waals surface area contributed by atoms with Crippen LogP contribution in [0, 0.1) is 5.92 Å². The number of hydrogen-bond donors (Lipinski definition) is 1. The van der Waals surface area contributed by atoms with Gasteiger partial charge in [-0.05, 0) is 12.0 Å². The molecule has 0 spiro atoms. The summed E-state index contributed by atoms with van der Waals surface area (Å²) in [6.07, 6.45) is 3.03. The van der Waals surface area contributed by atoms with E-state index in [-0.39, 0.29) is 5.92 Å². The zero-order chi connectivity index (χ0) is 8.72. The minimum atomic E-state index is -0.703. The minimum Gasteiger partial charge on any atom is -0.481 e. The van der Waals surface area contributed by atoms with Crippen LogP contribution < -0.4 is 0 Å². The molecule has 0 amide bonds. The van der Waals surface area contributed by atoms with Crippen molar-refractivity contribution in [2.24, 2.45) is 13.0 Å². The van der Waals surface area contributed by atoms with Crippen molar-refractivity contribution in [1.29, 1.82) is 0 Å². The summed E-state index contributed by atoms with van der Waals surface area (Å²) in [4.78, 5) is 10.6. The monoisotopic (exact) mass is 166 g/mol. The summed E-state index contributed by atoms with van der Waals surface area (Å²) >= 11 is 0. The Morgan fingerprint density at radius 2 is 2.50 bits per heavy atom. The van der Waals surface area contributed by atoms with Gasteiger partial charge in [0.1, 0.15) is 0 Å². The Kier molecular flexibility index (Phi) is 1.43. The summed E-state index contributed by atoms with van der Waals surface area (Å²) < 4.78 is 1.76. The second-order valence-electron chi connectivity index (χ2n) is 3.18. The van der Waals surface area contributed by atoms with Crippen LogP contribution in [-0.2, 0) is 24.7 Å². The average molecular weight is 166 g/mol. The normalized spacial score (nSPS) is 20.9. The van der Waals surface area contributed by atoms with E-state index in [4.69, 9.17) is 5.11 Å². The average Bonchev–Trinajstić information content (AvgIpc) is 2.53. The van der Waals surface area contributed by atoms with E-state index in [1.807, 2.05) is 7.05 Å². The van der Waals surface area contributed by atoms with Crippen LogP contribution in [0.4, 0.5) is 0 Å². The first-order valence-corrected chi connectivity index (χ1v) is 3.91. The molecule has 1 atom stereocenters. The first-order chi connectivity index (χ1) is 5.68. The standard InChI is InChI=1S/C8H10N2O2/c1-10-7-3-5(8(11)12)2-6(7)4-9-10/h4-5H,2-3H2,1H3,(H,11,12). The second kappa shape index (κ2) is 2.33. The van der Waals surface area contributed by atoms with Crippen molar-refractivity contribution in [3.63, 3.8) is 0 Å². The smallest absolute Gasteiger partial charge is 0.307 e. The van der Waals surface area contributed by atoms with E-state index >= 15 is 0 Å². The summed E-state index contributed by atoms with van der Waals surface area (Å²) in [5, 5.41) is 12.8. The number of hydrogen-bond acceptors (Lipinski definition) is 2. The number of fused-ring (bicyclic) bond motifs is 1. The molecule has 12 heavy (non-hydrogen) atoms. The molecular formula is C8H10N2O2. The Hall–Kier alpha value is -1.32. The van der Waals surface area contributed by atoms with Crippen LogP contribution >= 0.6 is 0 Å². The van der Waals surface area contributed by atoms with Gasteiger partial charge in [0.15, 0.2) is 0 Å². The lowest BCUT2D eigenvalue weighted by molar-refractivity contribution is -0.141. The number of carboxylic acid groups (broad SMARTS) is 1. The Balaban J connectivity index is 2.28.